The molecule has 2 rings (SSSR count). The fraction of sp³-hybridized carbons (Fsp3) is 0.400. The van der Waals surface area contributed by atoms with Crippen molar-refractivity contribution in [3.05, 3.63) is 36.2 Å². The molecular weight excluding hydrogens is 296 g/mol. The van der Waals surface area contributed by atoms with Gasteiger partial charge in [0.2, 0.25) is 5.91 Å². The van der Waals surface area contributed by atoms with Crippen molar-refractivity contribution >= 4 is 11.8 Å². The first-order valence-electron chi connectivity index (χ1n) is 7.43. The van der Waals surface area contributed by atoms with E-state index in [1.807, 2.05) is 13.8 Å². The van der Waals surface area contributed by atoms with Crippen LogP contribution >= 0.6 is 0 Å². The largest absolute Gasteiger partial charge is 0.342 e. The molecule has 0 aliphatic rings. The average Bonchev–Trinajstić information content (AvgIpc) is 3.10. The molecule has 23 heavy (non-hydrogen) atoms. The van der Waals surface area contributed by atoms with Crippen LogP contribution in [-0.2, 0) is 4.79 Å². The van der Waals surface area contributed by atoms with Crippen LogP contribution in [0.2, 0.25) is 0 Å². The molecule has 0 saturated carbocycles. The van der Waals surface area contributed by atoms with Gasteiger partial charge in [-0.05, 0) is 42.5 Å². The second-order valence-corrected chi connectivity index (χ2v) is 5.03. The van der Waals surface area contributed by atoms with Crippen LogP contribution in [0.1, 0.15) is 24.2 Å². The predicted octanol–water partition coefficient (Wildman–Crippen LogP) is 0.603. The average molecular weight is 316 g/mol. The molecule has 0 aliphatic heterocycles. The van der Waals surface area contributed by atoms with Crippen molar-refractivity contribution in [1.29, 1.82) is 0 Å². The van der Waals surface area contributed by atoms with Gasteiger partial charge >= 0.3 is 0 Å². The Hall–Kier alpha value is -2.77. The van der Waals surface area contributed by atoms with Gasteiger partial charge in [0.25, 0.3) is 5.91 Å². The van der Waals surface area contributed by atoms with Crippen molar-refractivity contribution in [2.45, 2.75) is 13.8 Å². The first-order valence-corrected chi connectivity index (χ1v) is 7.43. The van der Waals surface area contributed by atoms with Crippen LogP contribution in [0, 0.1) is 0 Å². The number of rotatable bonds is 6. The van der Waals surface area contributed by atoms with Crippen molar-refractivity contribution in [3.8, 4) is 5.69 Å². The summed E-state index contributed by atoms with van der Waals surface area (Å²) in [6.45, 7) is 5.14. The summed E-state index contributed by atoms with van der Waals surface area (Å²) < 4.78 is 1.47. The predicted molar refractivity (Wildman–Crippen MR) is 84.0 cm³/mol. The van der Waals surface area contributed by atoms with Crippen molar-refractivity contribution in [2.75, 3.05) is 26.7 Å². The van der Waals surface area contributed by atoms with Crippen LogP contribution in [0.15, 0.2) is 30.6 Å². The Morgan fingerprint density at radius 3 is 2.57 bits per heavy atom. The van der Waals surface area contributed by atoms with E-state index in [0.717, 1.165) is 0 Å². The number of hydrogen-bond acceptors (Lipinski definition) is 5. The van der Waals surface area contributed by atoms with E-state index in [1.165, 1.54) is 15.9 Å². The summed E-state index contributed by atoms with van der Waals surface area (Å²) in [5.41, 5.74) is 1.16. The van der Waals surface area contributed by atoms with Gasteiger partial charge in [-0.15, -0.1) is 5.10 Å². The van der Waals surface area contributed by atoms with Gasteiger partial charge in [-0.2, -0.15) is 0 Å². The maximum Gasteiger partial charge on any atom is 0.254 e. The van der Waals surface area contributed by atoms with Crippen LogP contribution in [0.3, 0.4) is 0 Å². The van der Waals surface area contributed by atoms with Gasteiger partial charge < -0.3 is 9.80 Å². The maximum absolute atomic E-state index is 12.5. The van der Waals surface area contributed by atoms with Gasteiger partial charge in [0.15, 0.2) is 0 Å². The van der Waals surface area contributed by atoms with E-state index in [2.05, 4.69) is 15.5 Å². The van der Waals surface area contributed by atoms with E-state index >= 15 is 0 Å². The van der Waals surface area contributed by atoms with E-state index in [0.29, 0.717) is 24.3 Å². The lowest BCUT2D eigenvalue weighted by molar-refractivity contribution is -0.131. The third-order valence-corrected chi connectivity index (χ3v) is 3.54. The minimum Gasteiger partial charge on any atom is -0.342 e. The van der Waals surface area contributed by atoms with Crippen LogP contribution in [-0.4, -0.2) is 68.5 Å². The molecule has 0 unspecified atom stereocenters. The Morgan fingerprint density at radius 1 is 1.22 bits per heavy atom. The first kappa shape index (κ1) is 16.6. The lowest BCUT2D eigenvalue weighted by Gasteiger charge is -2.23. The third-order valence-electron chi connectivity index (χ3n) is 3.54. The second-order valence-electron chi connectivity index (χ2n) is 5.03. The Labute approximate surface area is 134 Å². The highest BCUT2D eigenvalue weighted by atomic mass is 16.2. The van der Waals surface area contributed by atoms with Crippen molar-refractivity contribution in [2.24, 2.45) is 0 Å². The molecule has 1 aromatic carbocycles. The number of nitrogens with zero attached hydrogens (tertiary/aromatic N) is 6. The number of tetrazole rings is 1. The van der Waals surface area contributed by atoms with Crippen LogP contribution in [0.5, 0.6) is 0 Å². The summed E-state index contributed by atoms with van der Waals surface area (Å²) in [5, 5.41) is 10.9. The van der Waals surface area contributed by atoms with Crippen LogP contribution in [0.25, 0.3) is 5.69 Å². The van der Waals surface area contributed by atoms with E-state index in [9.17, 15) is 9.59 Å². The molecule has 0 N–H and O–H groups in total. The summed E-state index contributed by atoms with van der Waals surface area (Å²) >= 11 is 0. The van der Waals surface area contributed by atoms with Crippen molar-refractivity contribution in [3.63, 3.8) is 0 Å². The van der Waals surface area contributed by atoms with E-state index < -0.39 is 0 Å². The Balaban J connectivity index is 2.11. The zero-order valence-electron chi connectivity index (χ0n) is 13.5. The molecule has 8 heteroatoms. The monoisotopic (exact) mass is 316 g/mol. The molecule has 8 nitrogen and oxygen atoms in total. The number of benzene rings is 1. The molecule has 0 bridgehead atoms. The summed E-state index contributed by atoms with van der Waals surface area (Å²) in [6.07, 6.45) is 1.46. The molecule has 0 saturated heterocycles. The fourth-order valence-corrected chi connectivity index (χ4v) is 2.23. The maximum atomic E-state index is 12.5. The molecule has 2 aromatic rings. The molecule has 1 heterocycles. The summed E-state index contributed by atoms with van der Waals surface area (Å²) in [7, 11) is 1.62. The highest BCUT2D eigenvalue weighted by molar-refractivity contribution is 5.96. The molecule has 1 aromatic heterocycles. The topological polar surface area (TPSA) is 84.2 Å². The minimum atomic E-state index is -0.222. The Kier molecular flexibility index (Phi) is 5.40. The molecule has 0 aliphatic carbocycles. The fourth-order valence-electron chi connectivity index (χ4n) is 2.23. The molecule has 0 fully saturated rings. The Morgan fingerprint density at radius 2 is 1.96 bits per heavy atom. The minimum absolute atomic E-state index is 0.0512. The third kappa shape index (κ3) is 3.91. The lowest BCUT2D eigenvalue weighted by atomic mass is 10.1. The highest BCUT2D eigenvalue weighted by Crippen LogP contribution is 2.11. The smallest absolute Gasteiger partial charge is 0.254 e. The van der Waals surface area contributed by atoms with Gasteiger partial charge in [0, 0.05) is 25.7 Å². The molecular formula is C15H20N6O2. The molecule has 0 atom stereocenters. The van der Waals surface area contributed by atoms with Gasteiger partial charge in [-0.25, -0.2) is 4.68 Å². The van der Waals surface area contributed by atoms with E-state index in [4.69, 9.17) is 0 Å². The normalized spacial score (nSPS) is 10.4. The van der Waals surface area contributed by atoms with Crippen LogP contribution in [0.4, 0.5) is 0 Å². The number of carbonyl (C=O) groups is 2. The first-order chi connectivity index (χ1) is 11.1. The van der Waals surface area contributed by atoms with Gasteiger partial charge in [-0.1, -0.05) is 6.07 Å². The number of aromatic nitrogens is 4. The quantitative estimate of drug-likeness (QED) is 0.779. The number of amides is 2. The summed E-state index contributed by atoms with van der Waals surface area (Å²) in [5.74, 6) is -0.289. The summed E-state index contributed by atoms with van der Waals surface area (Å²) in [4.78, 5) is 27.7. The van der Waals surface area contributed by atoms with Gasteiger partial charge in [0.1, 0.15) is 6.33 Å². The molecule has 2 amide bonds. The van der Waals surface area contributed by atoms with Gasteiger partial charge in [0.05, 0.1) is 12.2 Å². The number of likely N-dealkylation sites (N-methyl/N-ethyl adjacent to an activating group) is 2. The number of carbonyl (C=O) groups excluding carboxylic acids is 2. The van der Waals surface area contributed by atoms with E-state index in [1.54, 1.807) is 36.2 Å². The molecule has 122 valence electrons. The van der Waals surface area contributed by atoms with Gasteiger partial charge in [-0.3, -0.25) is 9.59 Å². The summed E-state index contributed by atoms with van der Waals surface area (Å²) in [6, 6.07) is 6.95. The van der Waals surface area contributed by atoms with E-state index in [-0.39, 0.29) is 18.4 Å². The highest BCUT2D eigenvalue weighted by Gasteiger charge is 2.18. The standard InChI is InChI=1S/C15H20N6O2/c1-4-20(5-2)14(22)10-19(3)15(23)12-7-6-8-13(9-12)21-11-16-17-18-21/h6-9,11H,4-5,10H2,1-3H3. The SMILES string of the molecule is CCN(CC)C(=O)CN(C)C(=O)c1cccc(-n2cnnn2)c1. The molecule has 0 radical (unpaired) electrons. The molecule has 0 spiro atoms. The number of hydrogen-bond donors (Lipinski definition) is 0. The Bertz CT molecular complexity index is 666. The lowest BCUT2D eigenvalue weighted by Crippen LogP contribution is -2.41. The zero-order valence-corrected chi connectivity index (χ0v) is 13.5. The zero-order chi connectivity index (χ0) is 16.8. The second kappa shape index (κ2) is 7.48. The van der Waals surface area contributed by atoms with Crippen molar-refractivity contribution < 1.29 is 9.59 Å². The van der Waals surface area contributed by atoms with Crippen molar-refractivity contribution in [1.82, 2.24) is 30.0 Å². The van der Waals surface area contributed by atoms with Crippen LogP contribution < -0.4 is 0 Å².